The Bertz CT molecular complexity index is 497. The van der Waals surface area contributed by atoms with E-state index < -0.39 is 6.09 Å². The molecule has 0 aliphatic carbocycles. The van der Waals surface area contributed by atoms with Gasteiger partial charge < -0.3 is 9.47 Å². The van der Waals surface area contributed by atoms with Crippen LogP contribution in [0.15, 0.2) is 41.6 Å². The van der Waals surface area contributed by atoms with Gasteiger partial charge in [0.15, 0.2) is 0 Å². The highest BCUT2D eigenvalue weighted by atomic mass is 16.6. The number of allylic oxidation sites excluding steroid dienone is 1. The third kappa shape index (κ3) is 4.99. The van der Waals surface area contributed by atoms with Gasteiger partial charge in [0.05, 0.1) is 18.5 Å². The Labute approximate surface area is 116 Å². The lowest BCUT2D eigenvalue weighted by molar-refractivity contribution is 0.140. The summed E-state index contributed by atoms with van der Waals surface area (Å²) >= 11 is 0. The molecule has 0 unspecified atom stereocenters. The second-order valence-corrected chi connectivity index (χ2v) is 3.82. The summed E-state index contributed by atoms with van der Waals surface area (Å²) < 4.78 is 9.98. The summed E-state index contributed by atoms with van der Waals surface area (Å²) in [6.45, 7) is 5.14. The molecule has 7 nitrogen and oxygen atoms in total. The predicted molar refractivity (Wildman–Crippen MR) is 73.5 cm³/mol. The second-order valence-electron chi connectivity index (χ2n) is 3.82. The zero-order chi connectivity index (χ0) is 15.0. The van der Waals surface area contributed by atoms with Crippen LogP contribution in [0, 0.1) is 0 Å². The van der Waals surface area contributed by atoms with Crippen molar-refractivity contribution in [2.45, 2.75) is 13.5 Å². The first kappa shape index (κ1) is 15.5. The average molecular weight is 279 g/mol. The van der Waals surface area contributed by atoms with E-state index in [1.807, 2.05) is 5.48 Å². The average Bonchev–Trinajstić information content (AvgIpc) is 2.50. The van der Waals surface area contributed by atoms with Crippen molar-refractivity contribution in [2.75, 3.05) is 7.11 Å². The highest BCUT2D eigenvalue weighted by molar-refractivity contribution is 5.97. The molecule has 0 spiro atoms. The van der Waals surface area contributed by atoms with Crippen molar-refractivity contribution in [3.05, 3.63) is 42.1 Å². The molecule has 1 aromatic rings. The maximum Gasteiger partial charge on any atom is 0.428 e. The fourth-order valence-corrected chi connectivity index (χ4v) is 1.18. The van der Waals surface area contributed by atoms with E-state index in [2.05, 4.69) is 17.1 Å². The van der Waals surface area contributed by atoms with E-state index in [1.165, 1.54) is 0 Å². The molecule has 20 heavy (non-hydrogen) atoms. The molecule has 1 amide bonds. The molecule has 0 heterocycles. The van der Waals surface area contributed by atoms with Crippen molar-refractivity contribution < 1.29 is 19.5 Å². The summed E-state index contributed by atoms with van der Waals surface area (Å²) in [5, 5.41) is 12.3. The van der Waals surface area contributed by atoms with Crippen LogP contribution in [0.1, 0.15) is 12.5 Å². The Balaban J connectivity index is 2.41. The van der Waals surface area contributed by atoms with E-state index in [4.69, 9.17) is 14.7 Å². The molecular formula is C13H17N3O4. The lowest BCUT2D eigenvalue weighted by Crippen LogP contribution is -2.22. The van der Waals surface area contributed by atoms with Crippen LogP contribution in [-0.2, 0) is 11.3 Å². The zero-order valence-electron chi connectivity index (χ0n) is 11.3. The minimum atomic E-state index is -0.703. The fourth-order valence-electron chi connectivity index (χ4n) is 1.18. The van der Waals surface area contributed by atoms with E-state index >= 15 is 0 Å². The van der Waals surface area contributed by atoms with Gasteiger partial charge in [0.25, 0.3) is 0 Å². The second kappa shape index (κ2) is 7.80. The number of hydroxylamine groups is 1. The number of carbonyl (C=O) groups is 1. The quantitative estimate of drug-likeness (QED) is 0.545. The molecule has 0 saturated heterocycles. The number of methoxy groups -OCH3 is 1. The van der Waals surface area contributed by atoms with E-state index in [0.29, 0.717) is 5.71 Å². The molecule has 3 N–H and O–H groups in total. The van der Waals surface area contributed by atoms with Crippen LogP contribution in [0.25, 0.3) is 0 Å². The lowest BCUT2D eigenvalue weighted by Gasteiger charge is -2.06. The monoisotopic (exact) mass is 279 g/mol. The number of ether oxygens (including phenoxy) is 2. The summed E-state index contributed by atoms with van der Waals surface area (Å²) in [6, 6.07) is 7.13. The highest BCUT2D eigenvalue weighted by Crippen LogP contribution is 2.11. The number of amides is 1. The number of nitrogens with zero attached hydrogens (tertiary/aromatic N) is 1. The van der Waals surface area contributed by atoms with Crippen LogP contribution < -0.4 is 15.6 Å². The Morgan fingerprint density at radius 2 is 2.05 bits per heavy atom. The SMILES string of the molecule is C=C(NO)/C(C)=N/NC(=O)OCc1ccc(OC)cc1. The van der Waals surface area contributed by atoms with Crippen LogP contribution in [0.3, 0.4) is 0 Å². The minimum absolute atomic E-state index is 0.115. The molecule has 0 aliphatic rings. The number of hydrazone groups is 1. The normalized spacial score (nSPS) is 10.7. The van der Waals surface area contributed by atoms with Gasteiger partial charge in [-0.2, -0.15) is 5.10 Å². The van der Waals surface area contributed by atoms with Crippen LogP contribution in [-0.4, -0.2) is 24.1 Å². The first-order valence-electron chi connectivity index (χ1n) is 5.76. The molecule has 7 heteroatoms. The molecule has 1 rings (SSSR count). The van der Waals surface area contributed by atoms with Gasteiger partial charge in [-0.25, -0.2) is 10.2 Å². The number of nitrogens with one attached hydrogen (secondary N) is 2. The maximum atomic E-state index is 11.4. The first-order chi connectivity index (χ1) is 9.56. The third-order valence-corrected chi connectivity index (χ3v) is 2.42. The summed E-state index contributed by atoms with van der Waals surface area (Å²) in [6.07, 6.45) is -0.703. The van der Waals surface area contributed by atoms with Crippen molar-refractivity contribution in [1.29, 1.82) is 0 Å². The molecule has 108 valence electrons. The summed E-state index contributed by atoms with van der Waals surface area (Å²) in [4.78, 5) is 11.4. The van der Waals surface area contributed by atoms with Gasteiger partial charge in [0.2, 0.25) is 0 Å². The van der Waals surface area contributed by atoms with Crippen molar-refractivity contribution in [2.24, 2.45) is 5.10 Å². The summed E-state index contributed by atoms with van der Waals surface area (Å²) in [5.41, 5.74) is 5.34. The van der Waals surface area contributed by atoms with Crippen molar-refractivity contribution in [3.8, 4) is 5.75 Å². The van der Waals surface area contributed by atoms with Gasteiger partial charge in [-0.1, -0.05) is 18.7 Å². The standard InChI is InChI=1S/C13H17N3O4/c1-9(10(2)16-18)14-15-13(17)20-8-11-4-6-12(19-3)7-5-11/h4-7,16,18H,2,8H2,1,3H3,(H,15,17)/b14-9+. The number of hydrogen-bond acceptors (Lipinski definition) is 6. The van der Waals surface area contributed by atoms with Gasteiger partial charge in [-0.15, -0.1) is 0 Å². The Morgan fingerprint density at radius 1 is 1.40 bits per heavy atom. The van der Waals surface area contributed by atoms with Crippen LogP contribution in [0.2, 0.25) is 0 Å². The number of carbonyl (C=O) groups excluding carboxylic acids is 1. The summed E-state index contributed by atoms with van der Waals surface area (Å²) in [7, 11) is 1.58. The highest BCUT2D eigenvalue weighted by Gasteiger charge is 2.03. The predicted octanol–water partition coefficient (Wildman–Crippen LogP) is 1.79. The van der Waals surface area contributed by atoms with Gasteiger partial charge in [-0.3, -0.25) is 10.7 Å². The molecule has 0 aliphatic heterocycles. The van der Waals surface area contributed by atoms with Gasteiger partial charge in [0, 0.05) is 0 Å². The smallest absolute Gasteiger partial charge is 0.428 e. The Kier molecular flexibility index (Phi) is 6.05. The van der Waals surface area contributed by atoms with Gasteiger partial charge >= 0.3 is 6.09 Å². The van der Waals surface area contributed by atoms with E-state index in [0.717, 1.165) is 11.3 Å². The molecule has 0 bridgehead atoms. The van der Waals surface area contributed by atoms with Crippen molar-refractivity contribution in [3.63, 3.8) is 0 Å². The van der Waals surface area contributed by atoms with Crippen molar-refractivity contribution >= 4 is 11.8 Å². The van der Waals surface area contributed by atoms with Gasteiger partial charge in [0.1, 0.15) is 12.4 Å². The van der Waals surface area contributed by atoms with Crippen molar-refractivity contribution in [1.82, 2.24) is 10.9 Å². The van der Waals surface area contributed by atoms with E-state index in [1.54, 1.807) is 38.3 Å². The van der Waals surface area contributed by atoms with Crippen LogP contribution in [0.5, 0.6) is 5.75 Å². The number of hydrogen-bond donors (Lipinski definition) is 3. The topological polar surface area (TPSA) is 92.2 Å². The molecule has 1 aromatic carbocycles. The molecule has 0 atom stereocenters. The first-order valence-corrected chi connectivity index (χ1v) is 5.76. The molecule has 0 saturated carbocycles. The minimum Gasteiger partial charge on any atom is -0.497 e. The van der Waals surface area contributed by atoms with Crippen LogP contribution in [0.4, 0.5) is 4.79 Å². The van der Waals surface area contributed by atoms with E-state index in [9.17, 15) is 4.79 Å². The zero-order valence-corrected chi connectivity index (χ0v) is 11.3. The number of rotatable bonds is 6. The number of benzene rings is 1. The van der Waals surface area contributed by atoms with Gasteiger partial charge in [-0.05, 0) is 24.6 Å². The molecular weight excluding hydrogens is 262 g/mol. The largest absolute Gasteiger partial charge is 0.497 e. The molecule has 0 fully saturated rings. The summed E-state index contributed by atoms with van der Waals surface area (Å²) in [5.74, 6) is 0.730. The molecule has 0 aromatic heterocycles. The Morgan fingerprint density at radius 3 is 2.60 bits per heavy atom. The fraction of sp³-hybridized carbons (Fsp3) is 0.231. The third-order valence-electron chi connectivity index (χ3n) is 2.42. The lowest BCUT2D eigenvalue weighted by atomic mass is 10.2. The Hall–Kier alpha value is -2.54. The molecule has 0 radical (unpaired) electrons. The maximum absolute atomic E-state index is 11.4. The van der Waals surface area contributed by atoms with E-state index in [-0.39, 0.29) is 12.3 Å². The van der Waals surface area contributed by atoms with Crippen LogP contribution >= 0.6 is 0 Å².